The average Bonchev–Trinajstić information content (AvgIpc) is 2.43. The maximum Gasteiger partial charge on any atom is 0.122 e. The lowest BCUT2D eigenvalue weighted by atomic mass is 10.3. The molecule has 3 nitrogen and oxygen atoms in total. The zero-order valence-corrected chi connectivity index (χ0v) is 10.4. The summed E-state index contributed by atoms with van der Waals surface area (Å²) in [6.07, 6.45) is 6.21. The Kier molecular flexibility index (Phi) is 2.62. The molecule has 0 spiro atoms. The second-order valence-corrected chi connectivity index (χ2v) is 4.26. The first-order chi connectivity index (χ1) is 6.70. The van der Waals surface area contributed by atoms with Crippen LogP contribution < -0.4 is 5.32 Å². The van der Waals surface area contributed by atoms with Gasteiger partial charge in [0.15, 0.2) is 0 Å². The number of halogens is 1. The van der Waals surface area contributed by atoms with Gasteiger partial charge in [-0.3, -0.25) is 0 Å². The fourth-order valence-electron chi connectivity index (χ4n) is 1.60. The highest BCUT2D eigenvalue weighted by molar-refractivity contribution is 14.1. The predicted molar refractivity (Wildman–Crippen MR) is 65.8 cm³/mol. The number of hydrogen-bond donors (Lipinski definition) is 1. The van der Waals surface area contributed by atoms with Crippen LogP contribution in [0.25, 0.3) is 5.70 Å². The number of hydrogen-bond acceptors (Lipinski definition) is 2. The van der Waals surface area contributed by atoms with Crippen LogP contribution in [0.4, 0.5) is 0 Å². The third-order valence-corrected chi connectivity index (χ3v) is 3.30. The molecule has 0 aromatic carbocycles. The standard InChI is InChI=1S/C10H12IN3/c1-7-10(11)13-8(2)14(7)9-3-5-12-6-4-9/h3-5,12H,6H2,1-2H3. The fraction of sp³-hybridized carbons (Fsp3) is 0.300. The van der Waals surface area contributed by atoms with E-state index in [2.05, 4.69) is 56.5 Å². The highest BCUT2D eigenvalue weighted by Gasteiger charge is 2.11. The molecule has 0 aliphatic carbocycles. The number of aromatic nitrogens is 2. The number of allylic oxidation sites excluding steroid dienone is 2. The smallest absolute Gasteiger partial charge is 0.122 e. The summed E-state index contributed by atoms with van der Waals surface area (Å²) in [6, 6.07) is 0. The average molecular weight is 301 g/mol. The van der Waals surface area contributed by atoms with Crippen LogP contribution in [0, 0.1) is 17.5 Å². The van der Waals surface area contributed by atoms with Gasteiger partial charge in [-0.2, -0.15) is 0 Å². The molecule has 74 valence electrons. The Morgan fingerprint density at radius 3 is 2.79 bits per heavy atom. The van der Waals surface area contributed by atoms with Crippen LogP contribution in [0.3, 0.4) is 0 Å². The van der Waals surface area contributed by atoms with Gasteiger partial charge in [0.05, 0.1) is 5.69 Å². The normalized spacial score (nSPS) is 15.2. The first-order valence-electron chi connectivity index (χ1n) is 4.52. The van der Waals surface area contributed by atoms with Gasteiger partial charge in [-0.15, -0.1) is 0 Å². The van der Waals surface area contributed by atoms with Crippen molar-refractivity contribution in [1.29, 1.82) is 0 Å². The molecular weight excluding hydrogens is 289 g/mol. The second kappa shape index (κ2) is 3.76. The van der Waals surface area contributed by atoms with Gasteiger partial charge in [0.1, 0.15) is 9.53 Å². The van der Waals surface area contributed by atoms with E-state index >= 15 is 0 Å². The van der Waals surface area contributed by atoms with Gasteiger partial charge in [-0.05, 0) is 54.8 Å². The minimum atomic E-state index is 0.888. The van der Waals surface area contributed by atoms with Gasteiger partial charge in [0, 0.05) is 12.2 Å². The monoisotopic (exact) mass is 301 g/mol. The van der Waals surface area contributed by atoms with E-state index in [-0.39, 0.29) is 0 Å². The topological polar surface area (TPSA) is 29.9 Å². The first kappa shape index (κ1) is 9.76. The van der Waals surface area contributed by atoms with Crippen molar-refractivity contribution in [1.82, 2.24) is 14.9 Å². The van der Waals surface area contributed by atoms with E-state index in [1.807, 2.05) is 13.1 Å². The summed E-state index contributed by atoms with van der Waals surface area (Å²) in [5.74, 6) is 1.05. The molecule has 1 N–H and O–H groups in total. The Hall–Kier alpha value is -0.780. The SMILES string of the molecule is Cc1nc(I)c(C)n1C1=CCNC=C1. The maximum absolute atomic E-state index is 4.44. The van der Waals surface area contributed by atoms with Crippen molar-refractivity contribution < 1.29 is 0 Å². The van der Waals surface area contributed by atoms with Crippen molar-refractivity contribution in [3.8, 4) is 0 Å². The molecule has 14 heavy (non-hydrogen) atoms. The molecule has 1 aliphatic rings. The van der Waals surface area contributed by atoms with Crippen LogP contribution in [-0.2, 0) is 0 Å². The lowest BCUT2D eigenvalue weighted by Crippen LogP contribution is -2.12. The lowest BCUT2D eigenvalue weighted by molar-refractivity contribution is 0.919. The van der Waals surface area contributed by atoms with Crippen LogP contribution in [-0.4, -0.2) is 16.1 Å². The maximum atomic E-state index is 4.44. The third-order valence-electron chi connectivity index (χ3n) is 2.28. The molecule has 1 aromatic rings. The second-order valence-electron chi connectivity index (χ2n) is 3.24. The Bertz CT molecular complexity index is 415. The van der Waals surface area contributed by atoms with Crippen molar-refractivity contribution in [2.75, 3.05) is 6.54 Å². The van der Waals surface area contributed by atoms with Crippen LogP contribution in [0.5, 0.6) is 0 Å². The van der Waals surface area contributed by atoms with Gasteiger partial charge in [0.25, 0.3) is 0 Å². The van der Waals surface area contributed by atoms with Crippen molar-refractivity contribution >= 4 is 28.3 Å². The fourth-order valence-corrected chi connectivity index (χ4v) is 2.19. The van der Waals surface area contributed by atoms with Crippen molar-refractivity contribution in [3.63, 3.8) is 0 Å². The zero-order valence-electron chi connectivity index (χ0n) is 8.21. The van der Waals surface area contributed by atoms with Crippen LogP contribution >= 0.6 is 22.6 Å². The number of aryl methyl sites for hydroxylation is 1. The molecule has 1 aromatic heterocycles. The Morgan fingerprint density at radius 1 is 1.50 bits per heavy atom. The summed E-state index contributed by atoms with van der Waals surface area (Å²) < 4.78 is 3.26. The molecule has 4 heteroatoms. The van der Waals surface area contributed by atoms with Gasteiger partial charge >= 0.3 is 0 Å². The Balaban J connectivity index is 2.50. The number of dihydropyridines is 1. The molecule has 1 aliphatic heterocycles. The molecule has 0 unspecified atom stereocenters. The molecular formula is C10H12IN3. The molecule has 0 radical (unpaired) electrons. The number of nitrogens with zero attached hydrogens (tertiary/aromatic N) is 2. The van der Waals surface area contributed by atoms with E-state index in [1.165, 1.54) is 11.4 Å². The summed E-state index contributed by atoms with van der Waals surface area (Å²) in [5.41, 5.74) is 2.41. The minimum absolute atomic E-state index is 0.888. The molecule has 2 rings (SSSR count). The summed E-state index contributed by atoms with van der Waals surface area (Å²) in [7, 11) is 0. The first-order valence-corrected chi connectivity index (χ1v) is 5.60. The van der Waals surface area contributed by atoms with Gasteiger partial charge in [-0.25, -0.2) is 4.98 Å². The Labute approximate surface area is 97.1 Å². The molecule has 0 amide bonds. The largest absolute Gasteiger partial charge is 0.387 e. The Morgan fingerprint density at radius 2 is 2.29 bits per heavy atom. The van der Waals surface area contributed by atoms with Crippen molar-refractivity contribution in [3.05, 3.63) is 33.6 Å². The molecule has 2 heterocycles. The highest BCUT2D eigenvalue weighted by Crippen LogP contribution is 2.19. The predicted octanol–water partition coefficient (Wildman–Crippen LogP) is 2.06. The number of nitrogens with one attached hydrogen (secondary N) is 1. The molecule has 0 saturated heterocycles. The van der Waals surface area contributed by atoms with Gasteiger partial charge < -0.3 is 9.88 Å². The van der Waals surface area contributed by atoms with Crippen molar-refractivity contribution in [2.24, 2.45) is 0 Å². The zero-order chi connectivity index (χ0) is 10.1. The quantitative estimate of drug-likeness (QED) is 0.805. The minimum Gasteiger partial charge on any atom is -0.387 e. The molecule has 0 atom stereocenters. The number of rotatable bonds is 1. The van der Waals surface area contributed by atoms with Crippen LogP contribution in [0.1, 0.15) is 11.5 Å². The molecule has 0 saturated carbocycles. The number of imidazole rings is 1. The van der Waals surface area contributed by atoms with Crippen molar-refractivity contribution in [2.45, 2.75) is 13.8 Å². The van der Waals surface area contributed by atoms with Gasteiger partial charge in [-0.1, -0.05) is 0 Å². The van der Waals surface area contributed by atoms with E-state index in [9.17, 15) is 0 Å². The van der Waals surface area contributed by atoms with E-state index in [4.69, 9.17) is 0 Å². The van der Waals surface area contributed by atoms with E-state index < -0.39 is 0 Å². The van der Waals surface area contributed by atoms with E-state index in [0.717, 1.165) is 16.1 Å². The summed E-state index contributed by atoms with van der Waals surface area (Å²) in [6.45, 7) is 5.02. The van der Waals surface area contributed by atoms with Gasteiger partial charge in [0.2, 0.25) is 0 Å². The highest BCUT2D eigenvalue weighted by atomic mass is 127. The van der Waals surface area contributed by atoms with Crippen LogP contribution in [0.15, 0.2) is 18.4 Å². The molecule has 0 fully saturated rings. The van der Waals surface area contributed by atoms with E-state index in [0.29, 0.717) is 0 Å². The summed E-state index contributed by atoms with van der Waals surface area (Å²) in [5, 5.41) is 3.14. The van der Waals surface area contributed by atoms with E-state index in [1.54, 1.807) is 0 Å². The van der Waals surface area contributed by atoms with Crippen LogP contribution in [0.2, 0.25) is 0 Å². The molecule has 0 bridgehead atoms. The third kappa shape index (κ3) is 1.58. The summed E-state index contributed by atoms with van der Waals surface area (Å²) in [4.78, 5) is 4.44. The summed E-state index contributed by atoms with van der Waals surface area (Å²) >= 11 is 2.27. The lowest BCUT2D eigenvalue weighted by Gasteiger charge is -2.12.